The molecule has 2 nitrogen and oxygen atoms in total. The Bertz CT molecular complexity index is 816. The first-order valence-electron chi connectivity index (χ1n) is 8.04. The summed E-state index contributed by atoms with van der Waals surface area (Å²) >= 11 is 0. The van der Waals surface area contributed by atoms with Crippen molar-refractivity contribution in [3.05, 3.63) is 65.7 Å². The molecule has 2 rings (SSSR count). The van der Waals surface area contributed by atoms with E-state index >= 15 is 0 Å². The molecule has 0 bridgehead atoms. The van der Waals surface area contributed by atoms with Gasteiger partial charge in [0.2, 0.25) is 0 Å². The van der Waals surface area contributed by atoms with Crippen LogP contribution in [0.25, 0.3) is 0 Å². The van der Waals surface area contributed by atoms with Gasteiger partial charge in [-0.15, -0.1) is 0 Å². The van der Waals surface area contributed by atoms with Crippen LogP contribution in [0.3, 0.4) is 0 Å². The predicted molar refractivity (Wildman–Crippen MR) is 95.7 cm³/mol. The van der Waals surface area contributed by atoms with Crippen molar-refractivity contribution in [2.24, 2.45) is 4.99 Å². The highest BCUT2D eigenvalue weighted by Crippen LogP contribution is 2.38. The van der Waals surface area contributed by atoms with E-state index < -0.39 is 40.4 Å². The lowest BCUT2D eigenvalue weighted by Gasteiger charge is -2.23. The van der Waals surface area contributed by atoms with Crippen molar-refractivity contribution in [2.45, 2.75) is 36.9 Å². The highest BCUT2D eigenvalue weighted by atomic mass is 32.2. The minimum Gasteiger partial charge on any atom is -0.279 e. The maximum absolute atomic E-state index is 14.0. The molecule has 146 valence electrons. The molecule has 0 aliphatic rings. The van der Waals surface area contributed by atoms with E-state index in [1.807, 2.05) is 0 Å². The standard InChI is InChI=1S/C19H18F5NOS/c1-13-8-10-16(11-9-13)27(26)12-17(18(20,21)19(22,23)24)25-14(2)15-6-4-3-5-7-15/h3-11,14H,12H2,1-2H3/t14-,27-/m1/s1. The number of rotatable bonds is 6. The smallest absolute Gasteiger partial charge is 0.279 e. The van der Waals surface area contributed by atoms with Crippen molar-refractivity contribution in [3.8, 4) is 0 Å². The number of hydrogen-bond donors (Lipinski definition) is 0. The summed E-state index contributed by atoms with van der Waals surface area (Å²) in [5.74, 6) is -6.18. The highest BCUT2D eigenvalue weighted by Gasteiger charge is 2.61. The van der Waals surface area contributed by atoms with E-state index in [2.05, 4.69) is 4.99 Å². The molecule has 0 saturated carbocycles. The molecule has 0 unspecified atom stereocenters. The van der Waals surface area contributed by atoms with Crippen LogP contribution in [-0.4, -0.2) is 27.8 Å². The zero-order valence-electron chi connectivity index (χ0n) is 14.6. The van der Waals surface area contributed by atoms with Crippen molar-refractivity contribution in [3.63, 3.8) is 0 Å². The number of benzene rings is 2. The Morgan fingerprint density at radius 1 is 1.00 bits per heavy atom. The Labute approximate surface area is 156 Å². The third-order valence-electron chi connectivity index (χ3n) is 3.90. The molecule has 0 spiro atoms. The Morgan fingerprint density at radius 3 is 2.07 bits per heavy atom. The van der Waals surface area contributed by atoms with Crippen LogP contribution >= 0.6 is 0 Å². The Balaban J connectivity index is 2.39. The molecule has 0 radical (unpaired) electrons. The summed E-state index contributed by atoms with van der Waals surface area (Å²) in [4.78, 5) is 3.79. The van der Waals surface area contributed by atoms with Crippen molar-refractivity contribution < 1.29 is 26.2 Å². The molecule has 0 fully saturated rings. The first-order chi connectivity index (χ1) is 12.5. The van der Waals surface area contributed by atoms with Crippen LogP contribution in [-0.2, 0) is 10.8 Å². The number of hydrogen-bond acceptors (Lipinski definition) is 2. The molecule has 27 heavy (non-hydrogen) atoms. The van der Waals surface area contributed by atoms with E-state index in [1.165, 1.54) is 19.1 Å². The molecule has 0 aliphatic heterocycles. The molecule has 0 amide bonds. The molecule has 2 aromatic rings. The Morgan fingerprint density at radius 2 is 1.56 bits per heavy atom. The van der Waals surface area contributed by atoms with E-state index in [9.17, 15) is 26.2 Å². The molecule has 0 saturated heterocycles. The van der Waals surface area contributed by atoms with Gasteiger partial charge in [0, 0.05) is 4.90 Å². The zero-order valence-corrected chi connectivity index (χ0v) is 15.5. The Hall–Kier alpha value is -2.09. The average Bonchev–Trinajstić information content (AvgIpc) is 2.61. The van der Waals surface area contributed by atoms with E-state index in [4.69, 9.17) is 0 Å². The molecule has 8 heteroatoms. The van der Waals surface area contributed by atoms with Gasteiger partial charge in [-0.05, 0) is 31.5 Å². The third kappa shape index (κ3) is 5.22. The number of halogens is 5. The van der Waals surface area contributed by atoms with E-state index in [0.717, 1.165) is 5.56 Å². The highest BCUT2D eigenvalue weighted by molar-refractivity contribution is 7.85. The number of aliphatic imine (C=N–C) groups is 1. The molecule has 2 atom stereocenters. The summed E-state index contributed by atoms with van der Waals surface area (Å²) < 4.78 is 79.2. The predicted octanol–water partition coefficient (Wildman–Crippen LogP) is 5.50. The van der Waals surface area contributed by atoms with Crippen molar-refractivity contribution in [1.29, 1.82) is 0 Å². The van der Waals surface area contributed by atoms with Gasteiger partial charge in [-0.2, -0.15) is 22.0 Å². The molecule has 0 N–H and O–H groups in total. The summed E-state index contributed by atoms with van der Waals surface area (Å²) in [6.45, 7) is 3.19. The molecule has 2 aromatic carbocycles. The third-order valence-corrected chi connectivity index (χ3v) is 5.24. The van der Waals surface area contributed by atoms with Gasteiger partial charge in [-0.25, -0.2) is 0 Å². The lowest BCUT2D eigenvalue weighted by Crippen LogP contribution is -2.46. The maximum atomic E-state index is 14.0. The van der Waals surface area contributed by atoms with Crippen LogP contribution in [0.1, 0.15) is 24.1 Å². The fraction of sp³-hybridized carbons (Fsp3) is 0.316. The summed E-state index contributed by atoms with van der Waals surface area (Å²) in [6.07, 6.45) is -5.82. The fourth-order valence-corrected chi connectivity index (χ4v) is 3.42. The quantitative estimate of drug-likeness (QED) is 0.462. The summed E-state index contributed by atoms with van der Waals surface area (Å²) in [5, 5.41) is 0. The van der Waals surface area contributed by atoms with Crippen molar-refractivity contribution in [1.82, 2.24) is 0 Å². The van der Waals surface area contributed by atoms with E-state index in [0.29, 0.717) is 5.56 Å². The average molecular weight is 403 g/mol. The van der Waals surface area contributed by atoms with Gasteiger partial charge >= 0.3 is 12.1 Å². The topological polar surface area (TPSA) is 29.4 Å². The van der Waals surface area contributed by atoms with Crippen LogP contribution < -0.4 is 0 Å². The number of alkyl halides is 5. The SMILES string of the molecule is Cc1ccc([S@](=O)CC(=N[C@H](C)c2ccccc2)C(F)(F)C(F)(F)F)cc1. The first kappa shape index (κ1) is 21.2. The second kappa shape index (κ2) is 8.29. The van der Waals surface area contributed by atoms with Crippen molar-refractivity contribution >= 4 is 16.5 Å². The van der Waals surface area contributed by atoms with Gasteiger partial charge < -0.3 is 0 Å². The fourth-order valence-electron chi connectivity index (χ4n) is 2.31. The maximum Gasteiger partial charge on any atom is 0.459 e. The number of nitrogens with zero attached hydrogens (tertiary/aromatic N) is 1. The lowest BCUT2D eigenvalue weighted by molar-refractivity contribution is -0.249. The summed E-state index contributed by atoms with van der Waals surface area (Å²) in [6, 6.07) is 13.3. The lowest BCUT2D eigenvalue weighted by atomic mass is 10.1. The van der Waals surface area contributed by atoms with Gasteiger partial charge in [0.25, 0.3) is 0 Å². The summed E-state index contributed by atoms with van der Waals surface area (Å²) in [5.41, 5.74) is -0.109. The van der Waals surface area contributed by atoms with Crippen LogP contribution in [0.4, 0.5) is 22.0 Å². The second-order valence-corrected chi connectivity index (χ2v) is 7.49. The minimum absolute atomic E-state index is 0.165. The van der Waals surface area contributed by atoms with Gasteiger partial charge in [0.05, 0.1) is 22.6 Å². The van der Waals surface area contributed by atoms with Crippen LogP contribution in [0, 0.1) is 6.92 Å². The zero-order chi connectivity index (χ0) is 20.2. The van der Waals surface area contributed by atoms with E-state index in [-0.39, 0.29) is 4.90 Å². The van der Waals surface area contributed by atoms with Crippen LogP contribution in [0.2, 0.25) is 0 Å². The van der Waals surface area contributed by atoms with Gasteiger partial charge in [-0.3, -0.25) is 9.20 Å². The molecular weight excluding hydrogens is 385 g/mol. The van der Waals surface area contributed by atoms with Gasteiger partial charge in [0.15, 0.2) is 0 Å². The monoisotopic (exact) mass is 403 g/mol. The molecule has 0 heterocycles. The molecule has 0 aromatic heterocycles. The minimum atomic E-state index is -5.82. The van der Waals surface area contributed by atoms with Crippen LogP contribution in [0.5, 0.6) is 0 Å². The van der Waals surface area contributed by atoms with Crippen molar-refractivity contribution in [2.75, 3.05) is 5.75 Å². The first-order valence-corrected chi connectivity index (χ1v) is 9.36. The molecular formula is C19H18F5NOS. The normalized spacial score (nSPS) is 15.4. The molecule has 0 aliphatic carbocycles. The van der Waals surface area contributed by atoms with Gasteiger partial charge in [-0.1, -0.05) is 48.0 Å². The summed E-state index contributed by atoms with van der Waals surface area (Å²) in [7, 11) is -2.09. The van der Waals surface area contributed by atoms with Crippen LogP contribution in [0.15, 0.2) is 64.5 Å². The van der Waals surface area contributed by atoms with Gasteiger partial charge in [0.1, 0.15) is 5.71 Å². The largest absolute Gasteiger partial charge is 0.459 e. The second-order valence-electron chi connectivity index (χ2n) is 6.04. The Kier molecular flexibility index (Phi) is 6.51. The number of aryl methyl sites for hydroxylation is 1. The van der Waals surface area contributed by atoms with E-state index in [1.54, 1.807) is 49.4 Å².